The Balaban J connectivity index is 3.00. The van der Waals surface area contributed by atoms with E-state index in [0.29, 0.717) is 12.1 Å². The first-order chi connectivity index (χ1) is 8.41. The van der Waals surface area contributed by atoms with Gasteiger partial charge in [0, 0.05) is 37.0 Å². The van der Waals surface area contributed by atoms with Gasteiger partial charge in [-0.3, -0.25) is 0 Å². The second-order valence-electron chi connectivity index (χ2n) is 3.60. The molecular formula is C11H15F3O3Si. The fourth-order valence-corrected chi connectivity index (χ4v) is 3.53. The Hall–Kier alpha value is -0.893. The maximum absolute atomic E-state index is 13.4. The number of hydrogen-bond donors (Lipinski definition) is 1. The Morgan fingerprint density at radius 2 is 1.50 bits per heavy atom. The van der Waals surface area contributed by atoms with E-state index in [2.05, 4.69) is 0 Å². The van der Waals surface area contributed by atoms with E-state index in [1.165, 1.54) is 0 Å². The molecule has 0 bridgehead atoms. The minimum absolute atomic E-state index is 0.160. The van der Waals surface area contributed by atoms with Crippen molar-refractivity contribution in [3.63, 3.8) is 0 Å². The summed E-state index contributed by atoms with van der Waals surface area (Å²) in [5, 5.41) is 0. The van der Waals surface area contributed by atoms with Crippen LogP contribution in [0.4, 0.5) is 13.2 Å². The molecule has 0 aliphatic heterocycles. The van der Waals surface area contributed by atoms with Crippen molar-refractivity contribution in [2.75, 3.05) is 13.2 Å². The summed E-state index contributed by atoms with van der Waals surface area (Å²) in [5.41, 5.74) is -0.424. The van der Waals surface area contributed by atoms with Crippen LogP contribution in [0, 0.1) is 17.5 Å². The fraction of sp³-hybridized carbons (Fsp3) is 0.455. The number of hydrogen-bond acceptors (Lipinski definition) is 3. The third-order valence-electron chi connectivity index (χ3n) is 2.25. The molecule has 0 atom stereocenters. The molecule has 1 rings (SSSR count). The Morgan fingerprint density at radius 3 is 1.89 bits per heavy atom. The van der Waals surface area contributed by atoms with Crippen LogP contribution >= 0.6 is 0 Å². The molecule has 0 spiro atoms. The van der Waals surface area contributed by atoms with Gasteiger partial charge in [0.05, 0.1) is 0 Å². The molecule has 0 saturated heterocycles. The van der Waals surface area contributed by atoms with Crippen LogP contribution in [0.1, 0.15) is 19.4 Å². The highest BCUT2D eigenvalue weighted by Gasteiger charge is 2.38. The van der Waals surface area contributed by atoms with E-state index in [0.717, 1.165) is 0 Å². The van der Waals surface area contributed by atoms with Gasteiger partial charge in [0.1, 0.15) is 17.5 Å². The standard InChI is InChI=1S/C11H15F3O3Si/c1-3-16-18(15,17-4-2)7-9-10(13)5-8(12)6-11(9)14/h5-6,15H,3-4,7H2,1-2H3. The number of rotatable bonds is 6. The van der Waals surface area contributed by atoms with Crippen LogP contribution < -0.4 is 0 Å². The van der Waals surface area contributed by atoms with Gasteiger partial charge in [0.2, 0.25) is 0 Å². The smallest absolute Gasteiger partial charge is 0.389 e. The minimum Gasteiger partial charge on any atom is -0.389 e. The second kappa shape index (κ2) is 6.33. The van der Waals surface area contributed by atoms with Crippen molar-refractivity contribution in [2.45, 2.75) is 19.9 Å². The maximum atomic E-state index is 13.4. The molecule has 0 heterocycles. The molecule has 0 aliphatic rings. The van der Waals surface area contributed by atoms with Gasteiger partial charge < -0.3 is 13.6 Å². The summed E-state index contributed by atoms with van der Waals surface area (Å²) in [7, 11) is -3.67. The van der Waals surface area contributed by atoms with Crippen LogP contribution in [-0.2, 0) is 14.9 Å². The first kappa shape index (κ1) is 15.2. The van der Waals surface area contributed by atoms with E-state index < -0.39 is 37.9 Å². The third kappa shape index (κ3) is 3.81. The second-order valence-corrected chi connectivity index (χ2v) is 5.96. The highest BCUT2D eigenvalue weighted by Crippen LogP contribution is 2.20. The Kier molecular flexibility index (Phi) is 5.33. The highest BCUT2D eigenvalue weighted by molar-refractivity contribution is 6.58. The van der Waals surface area contributed by atoms with E-state index in [1.54, 1.807) is 13.8 Å². The van der Waals surface area contributed by atoms with Gasteiger partial charge in [0.15, 0.2) is 0 Å². The van der Waals surface area contributed by atoms with Gasteiger partial charge in [-0.2, -0.15) is 0 Å². The van der Waals surface area contributed by atoms with Crippen molar-refractivity contribution in [1.29, 1.82) is 0 Å². The molecule has 0 aromatic heterocycles. The first-order valence-electron chi connectivity index (χ1n) is 5.55. The first-order valence-corrected chi connectivity index (χ1v) is 7.52. The van der Waals surface area contributed by atoms with E-state index >= 15 is 0 Å². The number of halogens is 3. The monoisotopic (exact) mass is 280 g/mol. The van der Waals surface area contributed by atoms with Gasteiger partial charge in [-0.05, 0) is 13.8 Å². The minimum atomic E-state index is -3.67. The molecule has 0 radical (unpaired) electrons. The van der Waals surface area contributed by atoms with E-state index in [-0.39, 0.29) is 13.2 Å². The Bertz CT molecular complexity index is 386. The summed E-state index contributed by atoms with van der Waals surface area (Å²) in [6, 6.07) is 0.697. The Morgan fingerprint density at radius 1 is 1.06 bits per heavy atom. The van der Waals surface area contributed by atoms with Crippen molar-refractivity contribution in [3.8, 4) is 0 Å². The van der Waals surface area contributed by atoms with Gasteiger partial charge in [0.25, 0.3) is 0 Å². The molecule has 0 unspecified atom stereocenters. The lowest BCUT2D eigenvalue weighted by molar-refractivity contribution is 0.107. The molecule has 1 N–H and O–H groups in total. The Labute approximate surface area is 105 Å². The van der Waals surface area contributed by atoms with Crippen LogP contribution in [0.25, 0.3) is 0 Å². The SMILES string of the molecule is CCO[Si](O)(Cc1c(F)cc(F)cc1F)OCC. The molecule has 3 nitrogen and oxygen atoms in total. The summed E-state index contributed by atoms with van der Waals surface area (Å²) in [6.45, 7) is 3.59. The third-order valence-corrected chi connectivity index (χ3v) is 4.53. The van der Waals surface area contributed by atoms with E-state index in [9.17, 15) is 18.0 Å². The summed E-state index contributed by atoms with van der Waals surface area (Å²) < 4.78 is 49.7. The normalized spacial score (nSPS) is 11.9. The molecule has 7 heteroatoms. The van der Waals surface area contributed by atoms with Crippen LogP contribution in [0.3, 0.4) is 0 Å². The largest absolute Gasteiger partial charge is 0.503 e. The van der Waals surface area contributed by atoms with Gasteiger partial charge in [-0.1, -0.05) is 0 Å². The summed E-state index contributed by atoms with van der Waals surface area (Å²) in [5.74, 6) is -3.12. The van der Waals surface area contributed by atoms with Gasteiger partial charge in [-0.25, -0.2) is 13.2 Å². The van der Waals surface area contributed by atoms with Crippen LogP contribution in [0.5, 0.6) is 0 Å². The number of benzene rings is 1. The zero-order valence-electron chi connectivity index (χ0n) is 10.2. The molecule has 1 aromatic carbocycles. The molecule has 18 heavy (non-hydrogen) atoms. The van der Waals surface area contributed by atoms with Gasteiger partial charge >= 0.3 is 8.80 Å². The van der Waals surface area contributed by atoms with Crippen molar-refractivity contribution in [2.24, 2.45) is 0 Å². The predicted molar refractivity (Wildman–Crippen MR) is 61.2 cm³/mol. The maximum Gasteiger partial charge on any atom is 0.503 e. The molecule has 1 aromatic rings. The van der Waals surface area contributed by atoms with Crippen molar-refractivity contribution >= 4 is 8.80 Å². The quantitative estimate of drug-likeness (QED) is 0.812. The average molecular weight is 280 g/mol. The molecule has 0 saturated carbocycles. The van der Waals surface area contributed by atoms with Gasteiger partial charge in [-0.15, -0.1) is 0 Å². The molecule has 0 aliphatic carbocycles. The molecule has 0 amide bonds. The fourth-order valence-electron chi connectivity index (χ4n) is 1.56. The lowest BCUT2D eigenvalue weighted by Gasteiger charge is -2.23. The zero-order valence-corrected chi connectivity index (χ0v) is 11.2. The summed E-state index contributed by atoms with van der Waals surface area (Å²) in [6.07, 6.45) is 0. The van der Waals surface area contributed by atoms with E-state index in [4.69, 9.17) is 8.85 Å². The van der Waals surface area contributed by atoms with Crippen LogP contribution in [0.15, 0.2) is 12.1 Å². The van der Waals surface area contributed by atoms with Crippen molar-refractivity contribution in [1.82, 2.24) is 0 Å². The lowest BCUT2D eigenvalue weighted by Crippen LogP contribution is -2.46. The topological polar surface area (TPSA) is 38.7 Å². The molecular weight excluding hydrogens is 265 g/mol. The predicted octanol–water partition coefficient (Wildman–Crippen LogP) is 2.19. The van der Waals surface area contributed by atoms with Crippen molar-refractivity contribution < 1.29 is 26.8 Å². The van der Waals surface area contributed by atoms with Crippen LogP contribution in [-0.4, -0.2) is 26.8 Å². The average Bonchev–Trinajstić information content (AvgIpc) is 2.24. The summed E-state index contributed by atoms with van der Waals surface area (Å²) >= 11 is 0. The van der Waals surface area contributed by atoms with Crippen LogP contribution in [0.2, 0.25) is 0 Å². The highest BCUT2D eigenvalue weighted by atomic mass is 28.4. The van der Waals surface area contributed by atoms with Crippen molar-refractivity contribution in [3.05, 3.63) is 35.1 Å². The zero-order chi connectivity index (χ0) is 13.8. The van der Waals surface area contributed by atoms with E-state index in [1.807, 2.05) is 0 Å². The molecule has 0 fully saturated rings. The lowest BCUT2D eigenvalue weighted by atomic mass is 10.2. The summed E-state index contributed by atoms with van der Waals surface area (Å²) in [4.78, 5) is 10.1. The molecule has 102 valence electrons.